The fourth-order valence-electron chi connectivity index (χ4n) is 1.45. The Hall–Kier alpha value is -0.620. The molecule has 1 N–H and O–H groups in total. The minimum absolute atomic E-state index is 0.00204. The molecule has 0 aromatic heterocycles. The minimum Gasteiger partial charge on any atom is -0.341 e. The van der Waals surface area contributed by atoms with E-state index in [4.69, 9.17) is 0 Å². The van der Waals surface area contributed by atoms with Gasteiger partial charge in [-0.05, 0) is 6.42 Å². The van der Waals surface area contributed by atoms with Crippen molar-refractivity contribution in [3.05, 3.63) is 0 Å². The van der Waals surface area contributed by atoms with Crippen LogP contribution in [0.25, 0.3) is 0 Å². The smallest absolute Gasteiger partial charge is 0.219 e. The predicted octanol–water partition coefficient (Wildman–Crippen LogP) is -0.844. The fraction of sp³-hybridized carbons (Fsp3) is 0.857. The summed E-state index contributed by atoms with van der Waals surface area (Å²) in [6.07, 6.45) is 1.83. The summed E-state index contributed by atoms with van der Waals surface area (Å²) in [5, 5.41) is 0. The van der Waals surface area contributed by atoms with Crippen molar-refractivity contribution < 1.29 is 13.2 Å². The summed E-state index contributed by atoms with van der Waals surface area (Å²) in [7, 11) is -3.14. The summed E-state index contributed by atoms with van der Waals surface area (Å²) in [5.41, 5.74) is 0. The van der Waals surface area contributed by atoms with E-state index in [0.29, 0.717) is 19.5 Å². The number of carbonyl (C=O) groups is 1. The van der Waals surface area contributed by atoms with Gasteiger partial charge < -0.3 is 4.90 Å². The number of amides is 1. The van der Waals surface area contributed by atoms with Gasteiger partial charge in [0, 0.05) is 26.1 Å². The van der Waals surface area contributed by atoms with E-state index in [1.54, 1.807) is 4.90 Å². The van der Waals surface area contributed by atoms with Gasteiger partial charge in [-0.25, -0.2) is 13.1 Å². The van der Waals surface area contributed by atoms with Crippen LogP contribution in [0.5, 0.6) is 0 Å². The number of nitrogens with one attached hydrogen (secondary N) is 1. The Morgan fingerprint density at radius 1 is 1.54 bits per heavy atom. The molecule has 1 rings (SSSR count). The summed E-state index contributed by atoms with van der Waals surface area (Å²) >= 11 is 0. The molecule has 0 radical (unpaired) electrons. The van der Waals surface area contributed by atoms with Gasteiger partial charge in [-0.1, -0.05) is 0 Å². The minimum atomic E-state index is -3.14. The Morgan fingerprint density at radius 2 is 2.15 bits per heavy atom. The predicted molar refractivity (Wildman–Crippen MR) is 48.6 cm³/mol. The molecule has 0 saturated carbocycles. The zero-order valence-corrected chi connectivity index (χ0v) is 8.60. The van der Waals surface area contributed by atoms with Crippen molar-refractivity contribution in [1.29, 1.82) is 0 Å². The summed E-state index contributed by atoms with van der Waals surface area (Å²) in [4.78, 5) is 12.5. The molecule has 1 unspecified atom stereocenters. The first-order chi connectivity index (χ1) is 5.88. The lowest BCUT2D eigenvalue weighted by atomic mass is 10.3. The topological polar surface area (TPSA) is 66.5 Å². The molecule has 6 heteroatoms. The Balaban J connectivity index is 2.47. The van der Waals surface area contributed by atoms with Crippen LogP contribution in [-0.4, -0.2) is 44.6 Å². The van der Waals surface area contributed by atoms with Gasteiger partial charge in [0.1, 0.15) is 0 Å². The Kier molecular flexibility index (Phi) is 2.92. The number of nitrogens with zero attached hydrogens (tertiary/aromatic N) is 1. The second-order valence-electron chi connectivity index (χ2n) is 3.34. The van der Waals surface area contributed by atoms with Crippen LogP contribution in [0.3, 0.4) is 0 Å². The van der Waals surface area contributed by atoms with Gasteiger partial charge >= 0.3 is 0 Å². The molecule has 0 bridgehead atoms. The normalized spacial score (nSPS) is 23.5. The highest BCUT2D eigenvalue weighted by Gasteiger charge is 2.25. The van der Waals surface area contributed by atoms with Crippen molar-refractivity contribution >= 4 is 15.9 Å². The van der Waals surface area contributed by atoms with E-state index >= 15 is 0 Å². The molecule has 0 spiro atoms. The summed E-state index contributed by atoms with van der Waals surface area (Å²) in [6.45, 7) is 2.62. The quantitative estimate of drug-likeness (QED) is 0.640. The van der Waals surface area contributed by atoms with Crippen LogP contribution in [-0.2, 0) is 14.8 Å². The highest BCUT2D eigenvalue weighted by molar-refractivity contribution is 7.88. The highest BCUT2D eigenvalue weighted by Crippen LogP contribution is 2.09. The fourth-order valence-corrected chi connectivity index (χ4v) is 2.24. The number of likely N-dealkylation sites (tertiary alicyclic amines) is 1. The van der Waals surface area contributed by atoms with Crippen LogP contribution in [0.4, 0.5) is 0 Å². The lowest BCUT2D eigenvalue weighted by Crippen LogP contribution is -2.37. The number of hydrogen-bond donors (Lipinski definition) is 1. The van der Waals surface area contributed by atoms with Crippen molar-refractivity contribution in [2.24, 2.45) is 0 Å². The van der Waals surface area contributed by atoms with E-state index in [0.717, 1.165) is 6.26 Å². The van der Waals surface area contributed by atoms with E-state index in [2.05, 4.69) is 4.72 Å². The number of carbonyl (C=O) groups excluding carboxylic acids is 1. The zero-order chi connectivity index (χ0) is 10.1. The molecule has 1 aliphatic rings. The first-order valence-corrected chi connectivity index (χ1v) is 6.00. The third-order valence-corrected chi connectivity index (χ3v) is 2.78. The summed E-state index contributed by atoms with van der Waals surface area (Å²) in [6, 6.07) is -0.112. The molecule has 1 aliphatic heterocycles. The van der Waals surface area contributed by atoms with Gasteiger partial charge in [0.2, 0.25) is 15.9 Å². The van der Waals surface area contributed by atoms with Gasteiger partial charge in [0.15, 0.2) is 0 Å². The first kappa shape index (κ1) is 10.5. The summed E-state index contributed by atoms with van der Waals surface area (Å²) in [5.74, 6) is -0.00204. The number of hydrogen-bond acceptors (Lipinski definition) is 3. The van der Waals surface area contributed by atoms with E-state index in [9.17, 15) is 13.2 Å². The maximum absolute atomic E-state index is 10.9. The highest BCUT2D eigenvalue weighted by atomic mass is 32.2. The Labute approximate surface area is 78.2 Å². The molecular weight excluding hydrogens is 192 g/mol. The molecule has 0 aromatic rings. The second-order valence-corrected chi connectivity index (χ2v) is 5.12. The average Bonchev–Trinajstić information content (AvgIpc) is 2.31. The molecule has 13 heavy (non-hydrogen) atoms. The van der Waals surface area contributed by atoms with Crippen LogP contribution in [0.2, 0.25) is 0 Å². The molecule has 5 nitrogen and oxygen atoms in total. The van der Waals surface area contributed by atoms with Crippen LogP contribution >= 0.6 is 0 Å². The average molecular weight is 206 g/mol. The maximum atomic E-state index is 10.9. The van der Waals surface area contributed by atoms with Crippen molar-refractivity contribution in [2.75, 3.05) is 19.3 Å². The molecule has 0 aromatic carbocycles. The standard InChI is InChI=1S/C7H14N2O3S/c1-6(10)9-4-3-7(5-9)8-13(2,11)12/h7-8H,3-5H2,1-2H3. The number of rotatable bonds is 2. The van der Waals surface area contributed by atoms with Crippen LogP contribution in [0.15, 0.2) is 0 Å². The third-order valence-electron chi connectivity index (χ3n) is 2.01. The molecule has 1 amide bonds. The summed E-state index contributed by atoms with van der Waals surface area (Å²) < 4.78 is 24.2. The van der Waals surface area contributed by atoms with Gasteiger partial charge in [-0.3, -0.25) is 4.79 Å². The molecule has 0 aliphatic carbocycles. The first-order valence-electron chi connectivity index (χ1n) is 4.11. The van der Waals surface area contributed by atoms with Gasteiger partial charge in [0.25, 0.3) is 0 Å². The van der Waals surface area contributed by atoms with E-state index < -0.39 is 10.0 Å². The van der Waals surface area contributed by atoms with Crippen molar-refractivity contribution in [2.45, 2.75) is 19.4 Å². The van der Waals surface area contributed by atoms with E-state index in [1.807, 2.05) is 0 Å². The second kappa shape index (κ2) is 3.63. The lowest BCUT2D eigenvalue weighted by Gasteiger charge is -2.13. The number of sulfonamides is 1. The SMILES string of the molecule is CC(=O)N1CCC(NS(C)(=O)=O)C1. The van der Waals surface area contributed by atoms with Gasteiger partial charge in [0.05, 0.1) is 6.26 Å². The third kappa shape index (κ3) is 3.31. The Bertz CT molecular complexity index is 299. The molecule has 1 saturated heterocycles. The van der Waals surface area contributed by atoms with Crippen LogP contribution in [0, 0.1) is 0 Å². The van der Waals surface area contributed by atoms with E-state index in [-0.39, 0.29) is 11.9 Å². The van der Waals surface area contributed by atoms with Crippen LogP contribution in [0.1, 0.15) is 13.3 Å². The molecule has 1 atom stereocenters. The molecule has 76 valence electrons. The van der Waals surface area contributed by atoms with Gasteiger partial charge in [-0.15, -0.1) is 0 Å². The molecule has 1 fully saturated rings. The molecule has 1 heterocycles. The van der Waals surface area contributed by atoms with Crippen molar-refractivity contribution in [1.82, 2.24) is 9.62 Å². The maximum Gasteiger partial charge on any atom is 0.219 e. The lowest BCUT2D eigenvalue weighted by molar-refractivity contribution is -0.127. The van der Waals surface area contributed by atoms with Crippen molar-refractivity contribution in [3.63, 3.8) is 0 Å². The largest absolute Gasteiger partial charge is 0.341 e. The zero-order valence-electron chi connectivity index (χ0n) is 7.78. The molecular formula is C7H14N2O3S. The van der Waals surface area contributed by atoms with Crippen molar-refractivity contribution in [3.8, 4) is 0 Å². The Morgan fingerprint density at radius 3 is 2.54 bits per heavy atom. The van der Waals surface area contributed by atoms with Crippen LogP contribution < -0.4 is 4.72 Å². The van der Waals surface area contributed by atoms with E-state index in [1.165, 1.54) is 6.92 Å². The van der Waals surface area contributed by atoms with Gasteiger partial charge in [-0.2, -0.15) is 0 Å². The monoisotopic (exact) mass is 206 g/mol.